The predicted octanol–water partition coefficient (Wildman–Crippen LogP) is 0.313. The summed E-state index contributed by atoms with van der Waals surface area (Å²) >= 11 is 0. The van der Waals surface area contributed by atoms with Gasteiger partial charge in [0.15, 0.2) is 6.04 Å². The second-order valence-electron chi connectivity index (χ2n) is 2.48. The summed E-state index contributed by atoms with van der Waals surface area (Å²) < 4.78 is 49.4. The van der Waals surface area contributed by atoms with Gasteiger partial charge in [-0.15, -0.1) is 0 Å². The van der Waals surface area contributed by atoms with Gasteiger partial charge in [0.25, 0.3) is 0 Å². The summed E-state index contributed by atoms with van der Waals surface area (Å²) in [6.45, 7) is -1.31. The van der Waals surface area contributed by atoms with Crippen LogP contribution in [-0.4, -0.2) is 35.5 Å². The van der Waals surface area contributed by atoms with E-state index in [0.29, 0.717) is 0 Å². The average molecular weight is 187 g/mol. The zero-order chi connectivity index (χ0) is 9.57. The minimum atomic E-state index is -4.52. The lowest BCUT2D eigenvalue weighted by molar-refractivity contribution is -0.194. The summed E-state index contributed by atoms with van der Waals surface area (Å²) in [6.07, 6.45) is 0. The molecular weight excluding hydrogens is 182 g/mol. The standard InChI is InChI=1S/C5H5F4NO2/c6-4(7)1-10-2(3(11)12)5(4,8)9/h2,10H,1H2,(H,11,12)/t2-/m1/s1. The molecule has 70 valence electrons. The molecule has 1 aliphatic rings. The highest BCUT2D eigenvalue weighted by Gasteiger charge is 2.68. The zero-order valence-corrected chi connectivity index (χ0v) is 5.65. The van der Waals surface area contributed by atoms with E-state index in [-0.39, 0.29) is 0 Å². The van der Waals surface area contributed by atoms with Crippen molar-refractivity contribution in [3.05, 3.63) is 0 Å². The first kappa shape index (κ1) is 9.24. The minimum Gasteiger partial charge on any atom is -0.480 e. The second kappa shape index (κ2) is 2.32. The SMILES string of the molecule is O=C(O)[C@H]1NCC(F)(F)C1(F)F. The number of alkyl halides is 4. The largest absolute Gasteiger partial charge is 0.480 e. The monoisotopic (exact) mass is 187 g/mol. The molecule has 0 aromatic rings. The number of aliphatic carboxylic acids is 1. The van der Waals surface area contributed by atoms with Crippen molar-refractivity contribution in [2.75, 3.05) is 6.54 Å². The molecule has 1 heterocycles. The van der Waals surface area contributed by atoms with Crippen LogP contribution in [0.15, 0.2) is 0 Å². The number of hydrogen-bond acceptors (Lipinski definition) is 2. The van der Waals surface area contributed by atoms with Gasteiger partial charge in [-0.2, -0.15) is 17.6 Å². The molecule has 1 aliphatic heterocycles. The number of rotatable bonds is 1. The number of carboxylic acids is 1. The van der Waals surface area contributed by atoms with Crippen LogP contribution in [0.4, 0.5) is 17.6 Å². The van der Waals surface area contributed by atoms with Crippen molar-refractivity contribution in [1.82, 2.24) is 5.32 Å². The van der Waals surface area contributed by atoms with Gasteiger partial charge >= 0.3 is 17.8 Å². The van der Waals surface area contributed by atoms with E-state index in [4.69, 9.17) is 5.11 Å². The summed E-state index contributed by atoms with van der Waals surface area (Å²) in [5.74, 6) is -10.8. The molecule has 3 nitrogen and oxygen atoms in total. The van der Waals surface area contributed by atoms with E-state index in [1.165, 1.54) is 5.32 Å². The molecule has 1 saturated heterocycles. The zero-order valence-electron chi connectivity index (χ0n) is 5.65. The van der Waals surface area contributed by atoms with Gasteiger partial charge in [-0.3, -0.25) is 10.1 Å². The maximum atomic E-state index is 12.4. The molecule has 0 aromatic heterocycles. The Kier molecular flexibility index (Phi) is 1.78. The Labute approximate surface area is 64.4 Å². The molecule has 0 aromatic carbocycles. The predicted molar refractivity (Wildman–Crippen MR) is 29.3 cm³/mol. The average Bonchev–Trinajstić information content (AvgIpc) is 2.03. The molecule has 0 saturated carbocycles. The molecule has 0 bridgehead atoms. The fourth-order valence-corrected chi connectivity index (χ4v) is 0.930. The fourth-order valence-electron chi connectivity index (χ4n) is 0.930. The quantitative estimate of drug-likeness (QED) is 0.581. The van der Waals surface area contributed by atoms with Crippen LogP contribution in [0, 0.1) is 0 Å². The molecule has 0 radical (unpaired) electrons. The number of halogens is 4. The highest BCUT2D eigenvalue weighted by Crippen LogP contribution is 2.40. The fraction of sp³-hybridized carbons (Fsp3) is 0.800. The van der Waals surface area contributed by atoms with Crippen molar-refractivity contribution in [3.63, 3.8) is 0 Å². The van der Waals surface area contributed by atoms with Gasteiger partial charge in [0.05, 0.1) is 6.54 Å². The van der Waals surface area contributed by atoms with E-state index in [1.54, 1.807) is 0 Å². The number of hydrogen-bond donors (Lipinski definition) is 2. The van der Waals surface area contributed by atoms with Crippen LogP contribution in [0.2, 0.25) is 0 Å². The molecule has 0 spiro atoms. The van der Waals surface area contributed by atoms with Gasteiger partial charge < -0.3 is 5.11 Å². The summed E-state index contributed by atoms with van der Waals surface area (Å²) in [7, 11) is 0. The topological polar surface area (TPSA) is 49.3 Å². The molecular formula is C5H5F4NO2. The Balaban J connectivity index is 2.93. The lowest BCUT2D eigenvalue weighted by Gasteiger charge is -2.19. The van der Waals surface area contributed by atoms with Crippen molar-refractivity contribution < 1.29 is 27.5 Å². The summed E-state index contributed by atoms with van der Waals surface area (Å²) in [6, 6.07) is -2.49. The molecule has 2 N–H and O–H groups in total. The molecule has 0 unspecified atom stereocenters. The Morgan fingerprint density at radius 2 is 1.92 bits per heavy atom. The van der Waals surface area contributed by atoms with Gasteiger partial charge in [-0.1, -0.05) is 0 Å². The van der Waals surface area contributed by atoms with Crippen LogP contribution in [0.5, 0.6) is 0 Å². The normalized spacial score (nSPS) is 31.8. The highest BCUT2D eigenvalue weighted by molar-refractivity contribution is 5.75. The van der Waals surface area contributed by atoms with Crippen molar-refractivity contribution in [1.29, 1.82) is 0 Å². The molecule has 0 aliphatic carbocycles. The van der Waals surface area contributed by atoms with Crippen molar-refractivity contribution in [2.45, 2.75) is 17.9 Å². The Morgan fingerprint density at radius 3 is 2.08 bits per heavy atom. The third-order valence-electron chi connectivity index (χ3n) is 1.63. The van der Waals surface area contributed by atoms with Crippen molar-refractivity contribution in [3.8, 4) is 0 Å². The third-order valence-corrected chi connectivity index (χ3v) is 1.63. The van der Waals surface area contributed by atoms with E-state index in [1.807, 2.05) is 0 Å². The van der Waals surface area contributed by atoms with E-state index in [2.05, 4.69) is 0 Å². The van der Waals surface area contributed by atoms with Crippen LogP contribution in [0.25, 0.3) is 0 Å². The van der Waals surface area contributed by atoms with Gasteiger partial charge in [-0.25, -0.2) is 0 Å². The highest BCUT2D eigenvalue weighted by atomic mass is 19.3. The van der Waals surface area contributed by atoms with E-state index < -0.39 is 30.4 Å². The minimum absolute atomic E-state index is 1.31. The smallest absolute Gasteiger partial charge is 0.337 e. The van der Waals surface area contributed by atoms with Crippen LogP contribution in [-0.2, 0) is 4.79 Å². The Hall–Kier alpha value is -0.850. The Bertz CT molecular complexity index is 217. The molecule has 0 amide bonds. The molecule has 1 rings (SSSR count). The lowest BCUT2D eigenvalue weighted by atomic mass is 10.1. The first-order valence-electron chi connectivity index (χ1n) is 3.01. The first-order chi connectivity index (χ1) is 5.29. The molecule has 12 heavy (non-hydrogen) atoms. The molecule has 1 fully saturated rings. The lowest BCUT2D eigenvalue weighted by Crippen LogP contribution is -2.48. The molecule has 1 atom stereocenters. The van der Waals surface area contributed by atoms with E-state index in [0.717, 1.165) is 0 Å². The van der Waals surface area contributed by atoms with Gasteiger partial charge in [0, 0.05) is 0 Å². The van der Waals surface area contributed by atoms with Crippen molar-refractivity contribution >= 4 is 5.97 Å². The number of nitrogens with one attached hydrogen (secondary N) is 1. The first-order valence-corrected chi connectivity index (χ1v) is 3.01. The Morgan fingerprint density at radius 1 is 1.42 bits per heavy atom. The maximum absolute atomic E-state index is 12.4. The van der Waals surface area contributed by atoms with Crippen LogP contribution in [0.3, 0.4) is 0 Å². The van der Waals surface area contributed by atoms with E-state index >= 15 is 0 Å². The van der Waals surface area contributed by atoms with Gasteiger partial charge in [0.2, 0.25) is 0 Å². The van der Waals surface area contributed by atoms with Crippen LogP contribution in [0.1, 0.15) is 0 Å². The second-order valence-corrected chi connectivity index (χ2v) is 2.48. The number of carboxylic acid groups (broad SMARTS) is 1. The summed E-state index contributed by atoms with van der Waals surface area (Å²) in [4.78, 5) is 10.0. The summed E-state index contributed by atoms with van der Waals surface area (Å²) in [5, 5.41) is 9.64. The molecule has 7 heteroatoms. The maximum Gasteiger partial charge on any atom is 0.337 e. The van der Waals surface area contributed by atoms with E-state index in [9.17, 15) is 22.4 Å². The van der Waals surface area contributed by atoms with Gasteiger partial charge in [0.1, 0.15) is 0 Å². The number of carbonyl (C=O) groups is 1. The van der Waals surface area contributed by atoms with Crippen LogP contribution >= 0.6 is 0 Å². The third kappa shape index (κ3) is 1.04. The van der Waals surface area contributed by atoms with Crippen LogP contribution < -0.4 is 5.32 Å². The van der Waals surface area contributed by atoms with Gasteiger partial charge in [-0.05, 0) is 0 Å². The summed E-state index contributed by atoms with van der Waals surface area (Å²) in [5.41, 5.74) is 0. The van der Waals surface area contributed by atoms with Crippen molar-refractivity contribution in [2.24, 2.45) is 0 Å².